The van der Waals surface area contributed by atoms with Crippen LogP contribution >= 0.6 is 63.7 Å². The standard InChI is InChI=1S/C21H16Br4O8/c1-8(26)30-14-6-12(16(22)18(24)20(14)32-10(3)28)5-13-7-15(31-9(2)27)21(33-11(4)29)19(25)17(13)23/h6-7H,5H2,1-4H3. The molecule has 2 aromatic rings. The lowest BCUT2D eigenvalue weighted by Crippen LogP contribution is -2.10. The molecule has 0 atom stereocenters. The van der Waals surface area contributed by atoms with E-state index in [1.807, 2.05) is 0 Å². The van der Waals surface area contributed by atoms with Gasteiger partial charge in [-0.15, -0.1) is 0 Å². The summed E-state index contributed by atoms with van der Waals surface area (Å²) in [5.41, 5.74) is 1.27. The van der Waals surface area contributed by atoms with Crippen molar-refractivity contribution in [2.24, 2.45) is 0 Å². The van der Waals surface area contributed by atoms with Crippen molar-refractivity contribution in [1.82, 2.24) is 0 Å². The van der Waals surface area contributed by atoms with Crippen LogP contribution in [0, 0.1) is 0 Å². The smallest absolute Gasteiger partial charge is 0.308 e. The maximum absolute atomic E-state index is 11.6. The van der Waals surface area contributed by atoms with E-state index >= 15 is 0 Å². The molecule has 0 saturated carbocycles. The van der Waals surface area contributed by atoms with E-state index in [0.29, 0.717) is 29.0 Å². The second kappa shape index (κ2) is 11.6. The fraction of sp³-hybridized carbons (Fsp3) is 0.238. The van der Waals surface area contributed by atoms with Crippen LogP contribution in [-0.2, 0) is 25.6 Å². The molecule has 0 bridgehead atoms. The van der Waals surface area contributed by atoms with Gasteiger partial charge < -0.3 is 18.9 Å². The van der Waals surface area contributed by atoms with Crippen molar-refractivity contribution >= 4 is 87.6 Å². The molecule has 12 heteroatoms. The van der Waals surface area contributed by atoms with Crippen LogP contribution in [-0.4, -0.2) is 23.9 Å². The highest BCUT2D eigenvalue weighted by Gasteiger charge is 2.24. The molecule has 176 valence electrons. The third-order valence-electron chi connectivity index (χ3n) is 3.79. The maximum atomic E-state index is 11.6. The summed E-state index contributed by atoms with van der Waals surface area (Å²) >= 11 is 13.7. The van der Waals surface area contributed by atoms with Gasteiger partial charge in [-0.2, -0.15) is 0 Å². The summed E-state index contributed by atoms with van der Waals surface area (Å²) in [6, 6.07) is 3.08. The van der Waals surface area contributed by atoms with Gasteiger partial charge in [0.05, 0.1) is 8.95 Å². The molecule has 0 radical (unpaired) electrons. The summed E-state index contributed by atoms with van der Waals surface area (Å²) in [6.07, 6.45) is 0.238. The minimum atomic E-state index is -0.602. The summed E-state index contributed by atoms with van der Waals surface area (Å²) in [5, 5.41) is 0. The van der Waals surface area contributed by atoms with Crippen molar-refractivity contribution in [2.75, 3.05) is 0 Å². The van der Waals surface area contributed by atoms with Gasteiger partial charge >= 0.3 is 23.9 Å². The first-order valence-electron chi connectivity index (χ1n) is 9.07. The van der Waals surface area contributed by atoms with Gasteiger partial charge in [-0.25, -0.2) is 0 Å². The van der Waals surface area contributed by atoms with Crippen LogP contribution in [0.4, 0.5) is 0 Å². The van der Waals surface area contributed by atoms with E-state index in [1.165, 1.54) is 27.7 Å². The van der Waals surface area contributed by atoms with Gasteiger partial charge in [0.2, 0.25) is 0 Å². The lowest BCUT2D eigenvalue weighted by Gasteiger charge is -2.18. The molecular formula is C21H16Br4O8. The van der Waals surface area contributed by atoms with Gasteiger partial charge in [-0.3, -0.25) is 19.2 Å². The fourth-order valence-corrected chi connectivity index (χ4v) is 4.60. The van der Waals surface area contributed by atoms with Gasteiger partial charge in [-0.05, 0) is 87.0 Å². The lowest BCUT2D eigenvalue weighted by molar-refractivity contribution is -0.134. The van der Waals surface area contributed by atoms with Crippen molar-refractivity contribution in [2.45, 2.75) is 34.1 Å². The molecule has 0 aliphatic heterocycles. The number of hydrogen-bond donors (Lipinski definition) is 0. The Bertz CT molecular complexity index is 1070. The lowest BCUT2D eigenvalue weighted by atomic mass is 10.0. The summed E-state index contributed by atoms with van der Waals surface area (Å²) in [4.78, 5) is 46.2. The monoisotopic (exact) mass is 712 g/mol. The van der Waals surface area contributed by atoms with Crippen LogP contribution in [0.3, 0.4) is 0 Å². The van der Waals surface area contributed by atoms with Gasteiger partial charge in [0.1, 0.15) is 0 Å². The zero-order chi connectivity index (χ0) is 25.0. The quantitative estimate of drug-likeness (QED) is 0.264. The Labute approximate surface area is 222 Å². The van der Waals surface area contributed by atoms with Crippen LogP contribution in [0.5, 0.6) is 23.0 Å². The first-order chi connectivity index (χ1) is 15.3. The fourth-order valence-electron chi connectivity index (χ4n) is 2.67. The highest BCUT2D eigenvalue weighted by molar-refractivity contribution is 9.13. The molecule has 0 amide bonds. The van der Waals surface area contributed by atoms with E-state index in [0.717, 1.165) is 0 Å². The number of benzene rings is 2. The summed E-state index contributed by atoms with van der Waals surface area (Å²) in [7, 11) is 0. The highest BCUT2D eigenvalue weighted by Crippen LogP contribution is 2.47. The van der Waals surface area contributed by atoms with E-state index in [4.69, 9.17) is 18.9 Å². The van der Waals surface area contributed by atoms with Crippen LogP contribution in [0.15, 0.2) is 30.0 Å². The number of carbonyl (C=O) groups is 4. The van der Waals surface area contributed by atoms with Gasteiger partial charge in [0, 0.05) is 43.1 Å². The molecule has 0 fully saturated rings. The number of esters is 4. The molecule has 0 N–H and O–H groups in total. The Kier molecular flexibility index (Phi) is 9.65. The van der Waals surface area contributed by atoms with Crippen LogP contribution in [0.1, 0.15) is 38.8 Å². The molecule has 8 nitrogen and oxygen atoms in total. The number of rotatable bonds is 6. The Hall–Kier alpha value is -1.76. The van der Waals surface area contributed by atoms with Crippen LogP contribution < -0.4 is 18.9 Å². The molecule has 0 saturated heterocycles. The average Bonchev–Trinajstić information content (AvgIpc) is 2.68. The van der Waals surface area contributed by atoms with Crippen molar-refractivity contribution < 1.29 is 38.1 Å². The molecule has 2 aromatic carbocycles. The highest BCUT2D eigenvalue weighted by atomic mass is 79.9. The Morgan fingerprint density at radius 2 is 0.879 bits per heavy atom. The van der Waals surface area contributed by atoms with Gasteiger partial charge in [0.25, 0.3) is 0 Å². The van der Waals surface area contributed by atoms with Crippen molar-refractivity contribution in [3.05, 3.63) is 41.2 Å². The van der Waals surface area contributed by atoms with E-state index in [2.05, 4.69) is 63.7 Å². The Morgan fingerprint density at radius 1 is 0.576 bits per heavy atom. The van der Waals surface area contributed by atoms with Crippen molar-refractivity contribution in [1.29, 1.82) is 0 Å². The van der Waals surface area contributed by atoms with E-state index in [9.17, 15) is 19.2 Å². The van der Waals surface area contributed by atoms with Crippen LogP contribution in [0.2, 0.25) is 0 Å². The third kappa shape index (κ3) is 7.11. The summed E-state index contributed by atoms with van der Waals surface area (Å²) < 4.78 is 22.7. The minimum absolute atomic E-state index is 0.0368. The second-order valence-electron chi connectivity index (χ2n) is 6.53. The molecular weight excluding hydrogens is 700 g/mol. The second-order valence-corrected chi connectivity index (χ2v) is 9.71. The predicted octanol–water partition coefficient (Wildman–Crippen LogP) is 6.03. The van der Waals surface area contributed by atoms with Crippen molar-refractivity contribution in [3.63, 3.8) is 0 Å². The zero-order valence-corrected chi connectivity index (χ0v) is 24.0. The molecule has 33 heavy (non-hydrogen) atoms. The van der Waals surface area contributed by atoms with E-state index in [1.54, 1.807) is 12.1 Å². The number of hydrogen-bond acceptors (Lipinski definition) is 8. The minimum Gasteiger partial charge on any atom is -0.423 e. The topological polar surface area (TPSA) is 105 Å². The SMILES string of the molecule is CC(=O)Oc1cc(Cc2cc(OC(C)=O)c(OC(C)=O)c(Br)c2Br)c(Br)c(Br)c1OC(C)=O. The van der Waals surface area contributed by atoms with E-state index < -0.39 is 23.9 Å². The number of carbonyl (C=O) groups excluding carboxylic acids is 4. The Morgan fingerprint density at radius 3 is 1.15 bits per heavy atom. The number of halogens is 4. The number of ether oxygens (including phenoxy) is 4. The molecule has 0 aliphatic rings. The largest absolute Gasteiger partial charge is 0.423 e. The first-order valence-corrected chi connectivity index (χ1v) is 12.2. The first kappa shape index (κ1) is 27.5. The summed E-state index contributed by atoms with van der Waals surface area (Å²) in [6.45, 7) is 4.89. The van der Waals surface area contributed by atoms with Crippen LogP contribution in [0.25, 0.3) is 0 Å². The predicted molar refractivity (Wildman–Crippen MR) is 132 cm³/mol. The zero-order valence-electron chi connectivity index (χ0n) is 17.6. The molecule has 0 heterocycles. The Balaban J connectivity index is 2.66. The normalized spacial score (nSPS) is 10.4. The maximum Gasteiger partial charge on any atom is 0.308 e. The molecule has 0 spiro atoms. The van der Waals surface area contributed by atoms with Gasteiger partial charge in [0.15, 0.2) is 23.0 Å². The molecule has 2 rings (SSSR count). The van der Waals surface area contributed by atoms with E-state index in [-0.39, 0.29) is 29.4 Å². The average molecular weight is 716 g/mol. The molecule has 0 aliphatic carbocycles. The molecule has 0 unspecified atom stereocenters. The van der Waals surface area contributed by atoms with Crippen molar-refractivity contribution in [3.8, 4) is 23.0 Å². The molecule has 0 aromatic heterocycles. The third-order valence-corrected chi connectivity index (χ3v) is 8.18. The van der Waals surface area contributed by atoms with Gasteiger partial charge in [-0.1, -0.05) is 0 Å². The summed E-state index contributed by atoms with van der Waals surface area (Å²) in [5.74, 6) is -2.24.